The van der Waals surface area contributed by atoms with Gasteiger partial charge in [-0.2, -0.15) is 0 Å². The summed E-state index contributed by atoms with van der Waals surface area (Å²) >= 11 is 6.32. The summed E-state index contributed by atoms with van der Waals surface area (Å²) in [5, 5.41) is 0.359. The maximum atomic E-state index is 12.3. The SMILES string of the molecule is C=CCOc1c(Cl)cc(/C=C2\N=C(c3ccc(C(C)C)cc3)OC2=O)cc1OC. The first-order valence-corrected chi connectivity index (χ1v) is 9.54. The molecule has 1 heterocycles. The Morgan fingerprint density at radius 1 is 1.24 bits per heavy atom. The second-order valence-electron chi connectivity index (χ2n) is 6.75. The van der Waals surface area contributed by atoms with Crippen molar-refractivity contribution in [2.75, 3.05) is 13.7 Å². The van der Waals surface area contributed by atoms with Gasteiger partial charge in [-0.25, -0.2) is 9.79 Å². The average molecular weight is 412 g/mol. The van der Waals surface area contributed by atoms with E-state index in [4.69, 9.17) is 25.8 Å². The third-order valence-corrected chi connectivity index (χ3v) is 4.63. The van der Waals surface area contributed by atoms with E-state index in [2.05, 4.69) is 25.4 Å². The number of rotatable bonds is 7. The van der Waals surface area contributed by atoms with Gasteiger partial charge in [0.2, 0.25) is 5.90 Å². The Morgan fingerprint density at radius 2 is 1.97 bits per heavy atom. The quantitative estimate of drug-likeness (QED) is 0.348. The van der Waals surface area contributed by atoms with Crippen LogP contribution in [-0.4, -0.2) is 25.6 Å². The molecule has 29 heavy (non-hydrogen) atoms. The summed E-state index contributed by atoms with van der Waals surface area (Å²) in [6.07, 6.45) is 3.22. The van der Waals surface area contributed by atoms with E-state index in [0.717, 1.165) is 5.56 Å². The van der Waals surface area contributed by atoms with Crippen LogP contribution in [0.4, 0.5) is 0 Å². The lowest BCUT2D eigenvalue weighted by Gasteiger charge is -2.12. The van der Waals surface area contributed by atoms with E-state index in [1.54, 1.807) is 24.3 Å². The van der Waals surface area contributed by atoms with Crippen molar-refractivity contribution in [1.29, 1.82) is 0 Å². The number of aliphatic imine (C=N–C) groups is 1. The van der Waals surface area contributed by atoms with Crippen molar-refractivity contribution < 1.29 is 19.0 Å². The lowest BCUT2D eigenvalue weighted by molar-refractivity contribution is -0.129. The number of nitrogens with zero attached hydrogens (tertiary/aromatic N) is 1. The fourth-order valence-electron chi connectivity index (χ4n) is 2.81. The Morgan fingerprint density at radius 3 is 2.59 bits per heavy atom. The third kappa shape index (κ3) is 4.69. The minimum absolute atomic E-state index is 0.186. The Balaban J connectivity index is 1.90. The van der Waals surface area contributed by atoms with Gasteiger partial charge in [0.25, 0.3) is 0 Å². The van der Waals surface area contributed by atoms with Gasteiger partial charge < -0.3 is 14.2 Å². The van der Waals surface area contributed by atoms with Crippen molar-refractivity contribution in [2.24, 2.45) is 4.99 Å². The van der Waals surface area contributed by atoms with Crippen LogP contribution in [0.3, 0.4) is 0 Å². The molecule has 2 aromatic rings. The molecule has 6 heteroatoms. The summed E-state index contributed by atoms with van der Waals surface area (Å²) in [6, 6.07) is 11.2. The minimum atomic E-state index is -0.519. The first-order valence-electron chi connectivity index (χ1n) is 9.17. The second kappa shape index (κ2) is 8.97. The van der Waals surface area contributed by atoms with Crippen molar-refractivity contribution in [3.8, 4) is 11.5 Å². The first-order chi connectivity index (χ1) is 13.9. The zero-order valence-corrected chi connectivity index (χ0v) is 17.3. The van der Waals surface area contributed by atoms with E-state index < -0.39 is 5.97 Å². The van der Waals surface area contributed by atoms with E-state index >= 15 is 0 Å². The van der Waals surface area contributed by atoms with Gasteiger partial charge in [-0.05, 0) is 47.4 Å². The number of cyclic esters (lactones) is 1. The van der Waals surface area contributed by atoms with Gasteiger partial charge >= 0.3 is 5.97 Å². The van der Waals surface area contributed by atoms with Gasteiger partial charge in [-0.1, -0.05) is 50.2 Å². The molecule has 0 saturated carbocycles. The van der Waals surface area contributed by atoms with Crippen molar-refractivity contribution in [2.45, 2.75) is 19.8 Å². The number of hydrogen-bond acceptors (Lipinski definition) is 5. The van der Waals surface area contributed by atoms with Crippen LogP contribution in [0.1, 0.15) is 36.5 Å². The summed E-state index contributed by atoms with van der Waals surface area (Å²) in [7, 11) is 1.52. The largest absolute Gasteiger partial charge is 0.493 e. The molecule has 1 aliphatic rings. The number of hydrogen-bond donors (Lipinski definition) is 0. The predicted molar refractivity (Wildman–Crippen MR) is 115 cm³/mol. The molecule has 150 valence electrons. The van der Waals surface area contributed by atoms with E-state index in [1.807, 2.05) is 24.3 Å². The Hall–Kier alpha value is -3.05. The fourth-order valence-corrected chi connectivity index (χ4v) is 3.08. The monoisotopic (exact) mass is 411 g/mol. The minimum Gasteiger partial charge on any atom is -0.493 e. The van der Waals surface area contributed by atoms with Gasteiger partial charge in [-0.3, -0.25) is 0 Å². The van der Waals surface area contributed by atoms with E-state index in [0.29, 0.717) is 34.6 Å². The van der Waals surface area contributed by atoms with Crippen LogP contribution in [0.15, 0.2) is 59.7 Å². The van der Waals surface area contributed by atoms with Crippen molar-refractivity contribution >= 4 is 29.5 Å². The molecule has 0 N–H and O–H groups in total. The lowest BCUT2D eigenvalue weighted by atomic mass is 10.0. The van der Waals surface area contributed by atoms with Crippen LogP contribution in [0.5, 0.6) is 11.5 Å². The number of esters is 1. The highest BCUT2D eigenvalue weighted by Crippen LogP contribution is 2.37. The normalized spacial score (nSPS) is 14.7. The highest BCUT2D eigenvalue weighted by Gasteiger charge is 2.24. The molecule has 0 radical (unpaired) electrons. The fraction of sp³-hybridized carbons (Fsp3) is 0.217. The van der Waals surface area contributed by atoms with Crippen molar-refractivity contribution in [1.82, 2.24) is 0 Å². The van der Waals surface area contributed by atoms with Crippen LogP contribution in [0.2, 0.25) is 5.02 Å². The van der Waals surface area contributed by atoms with Gasteiger partial charge in [0, 0.05) is 5.56 Å². The number of carbonyl (C=O) groups is 1. The molecule has 0 unspecified atom stereocenters. The van der Waals surface area contributed by atoms with Gasteiger partial charge in [0.05, 0.1) is 12.1 Å². The van der Waals surface area contributed by atoms with Gasteiger partial charge in [0.1, 0.15) is 6.61 Å². The molecule has 5 nitrogen and oxygen atoms in total. The highest BCUT2D eigenvalue weighted by molar-refractivity contribution is 6.32. The smallest absolute Gasteiger partial charge is 0.363 e. The van der Waals surface area contributed by atoms with E-state index in [1.165, 1.54) is 12.7 Å². The molecule has 1 aliphatic heterocycles. The molecule has 0 saturated heterocycles. The molecule has 2 aromatic carbocycles. The topological polar surface area (TPSA) is 57.1 Å². The lowest BCUT2D eigenvalue weighted by Crippen LogP contribution is -2.05. The molecule has 0 aliphatic carbocycles. The molecule has 0 fully saturated rings. The zero-order valence-electron chi connectivity index (χ0n) is 16.6. The van der Waals surface area contributed by atoms with Crippen molar-refractivity contribution in [3.05, 3.63) is 76.5 Å². The van der Waals surface area contributed by atoms with Crippen LogP contribution in [0, 0.1) is 0 Å². The second-order valence-corrected chi connectivity index (χ2v) is 7.15. The summed E-state index contributed by atoms with van der Waals surface area (Å²) < 4.78 is 16.2. The van der Waals surface area contributed by atoms with Crippen LogP contribution < -0.4 is 9.47 Å². The zero-order chi connectivity index (χ0) is 21.0. The average Bonchev–Trinajstić information content (AvgIpc) is 3.07. The van der Waals surface area contributed by atoms with Crippen LogP contribution in [-0.2, 0) is 9.53 Å². The molecule has 0 atom stereocenters. The standard InChI is InChI=1S/C23H22ClNO4/c1-5-10-28-21-18(24)11-15(13-20(21)27-4)12-19-23(26)29-22(25-19)17-8-6-16(7-9-17)14(2)3/h5-9,11-14H,1,10H2,2-4H3/b19-12-. The molecular formula is C23H22ClNO4. The predicted octanol–water partition coefficient (Wildman–Crippen LogP) is 5.38. The Bertz CT molecular complexity index is 991. The molecule has 0 bridgehead atoms. The molecule has 0 aromatic heterocycles. The maximum absolute atomic E-state index is 12.3. The van der Waals surface area contributed by atoms with Crippen LogP contribution in [0.25, 0.3) is 6.08 Å². The van der Waals surface area contributed by atoms with Gasteiger partial charge in [0.15, 0.2) is 17.2 Å². The molecule has 0 amide bonds. The number of benzene rings is 2. The summed E-state index contributed by atoms with van der Waals surface area (Å²) in [5.74, 6) is 1.05. The Kier molecular flexibility index (Phi) is 6.39. The summed E-state index contributed by atoms with van der Waals surface area (Å²) in [6.45, 7) is 8.16. The first kappa shape index (κ1) is 20.7. The molecular weight excluding hydrogens is 390 g/mol. The number of methoxy groups -OCH3 is 1. The van der Waals surface area contributed by atoms with Crippen molar-refractivity contribution in [3.63, 3.8) is 0 Å². The number of halogens is 1. The summed E-state index contributed by atoms with van der Waals surface area (Å²) in [4.78, 5) is 16.6. The number of ether oxygens (including phenoxy) is 3. The van der Waals surface area contributed by atoms with E-state index in [-0.39, 0.29) is 11.6 Å². The van der Waals surface area contributed by atoms with Crippen LogP contribution >= 0.6 is 11.6 Å². The third-order valence-electron chi connectivity index (χ3n) is 4.35. The Labute approximate surface area is 175 Å². The highest BCUT2D eigenvalue weighted by atomic mass is 35.5. The molecule has 0 spiro atoms. The molecule has 3 rings (SSSR count). The van der Waals surface area contributed by atoms with Gasteiger partial charge in [-0.15, -0.1) is 0 Å². The number of carbonyl (C=O) groups excluding carboxylic acids is 1. The maximum Gasteiger partial charge on any atom is 0.363 e. The van der Waals surface area contributed by atoms with E-state index in [9.17, 15) is 4.79 Å². The summed E-state index contributed by atoms with van der Waals surface area (Å²) in [5.41, 5.74) is 2.78.